The number of rotatable bonds is 11. The lowest BCUT2D eigenvalue weighted by atomic mass is 9.70. The molecule has 3 aliphatic heterocycles. The number of halogens is 1. The minimum atomic E-state index is -1.29. The third-order valence-corrected chi connectivity index (χ3v) is 9.67. The number of benzene rings is 2. The second kappa shape index (κ2) is 11.8. The number of carbonyl (C=O) groups excluding carboxylic acids is 3. The molecule has 43 heavy (non-hydrogen) atoms. The standard InChI is InChI=1S/C31H34BrN5O6/c1-3-14-35(18-36-23-13-9-8-12-22(23)33-34-36)29(40)27-31-16-21(32)26(43-31)24(30(41)42-4-2)25(31)28(39)37(27)20(17-38)15-19-10-6-5-7-11-19/h3,5-13,20-21,24-27,38H,1,4,14-18H2,2H3/t20-,21?,24+,25+,26+,27?,31?/m1/s1. The fourth-order valence-corrected chi connectivity index (χ4v) is 8.06. The normalized spacial score (nSPS) is 28.2. The highest BCUT2D eigenvalue weighted by molar-refractivity contribution is 9.09. The molecule has 3 aromatic rings. The molecule has 3 unspecified atom stereocenters. The van der Waals surface area contributed by atoms with E-state index in [-0.39, 0.29) is 37.2 Å². The van der Waals surface area contributed by atoms with Gasteiger partial charge < -0.3 is 24.4 Å². The molecule has 6 rings (SSSR count). The number of nitrogens with zero attached hydrogens (tertiary/aromatic N) is 5. The van der Waals surface area contributed by atoms with Gasteiger partial charge in [0.2, 0.25) is 11.8 Å². The lowest BCUT2D eigenvalue weighted by Gasteiger charge is -2.39. The molecular formula is C31H34BrN5O6. The van der Waals surface area contributed by atoms with Crippen molar-refractivity contribution in [1.82, 2.24) is 24.8 Å². The van der Waals surface area contributed by atoms with Gasteiger partial charge in [0.15, 0.2) is 0 Å². The maximum atomic E-state index is 14.8. The Morgan fingerprint density at radius 2 is 2.00 bits per heavy atom. The van der Waals surface area contributed by atoms with Crippen molar-refractivity contribution in [3.05, 3.63) is 72.8 Å². The SMILES string of the molecule is C=CCN(Cn1nnc2ccccc21)C(=O)C1N([C@@H](CO)Cc2ccccc2)C(=O)[C@@H]2[C@H](C(=O)OCC)[C@H]3OC12CC3Br. The molecule has 3 aliphatic rings. The summed E-state index contributed by atoms with van der Waals surface area (Å²) in [4.78, 5) is 45.3. The van der Waals surface area contributed by atoms with Crippen LogP contribution in [0.5, 0.6) is 0 Å². The summed E-state index contributed by atoms with van der Waals surface area (Å²) in [6.07, 6.45) is 1.65. The third-order valence-electron chi connectivity index (χ3n) is 8.82. The molecule has 1 N–H and O–H groups in total. The Balaban J connectivity index is 1.43. The number of ether oxygens (including phenoxy) is 2. The lowest BCUT2D eigenvalue weighted by Crippen LogP contribution is -2.59. The van der Waals surface area contributed by atoms with Gasteiger partial charge in [0.05, 0.1) is 42.7 Å². The van der Waals surface area contributed by atoms with Crippen LogP contribution in [0.1, 0.15) is 18.9 Å². The Morgan fingerprint density at radius 3 is 2.72 bits per heavy atom. The quantitative estimate of drug-likeness (QED) is 0.190. The summed E-state index contributed by atoms with van der Waals surface area (Å²) < 4.78 is 13.6. The largest absolute Gasteiger partial charge is 0.466 e. The van der Waals surface area contributed by atoms with Crippen LogP contribution in [0.2, 0.25) is 0 Å². The number of alkyl halides is 1. The van der Waals surface area contributed by atoms with Gasteiger partial charge in [0.1, 0.15) is 23.8 Å². The molecule has 0 saturated carbocycles. The fourth-order valence-electron chi connectivity index (χ4n) is 7.11. The Morgan fingerprint density at radius 1 is 1.26 bits per heavy atom. The zero-order valence-electron chi connectivity index (χ0n) is 23.8. The molecule has 11 nitrogen and oxygen atoms in total. The summed E-state index contributed by atoms with van der Waals surface area (Å²) in [5.74, 6) is -3.11. The number of para-hydroxylation sites is 1. The van der Waals surface area contributed by atoms with Crippen LogP contribution in [0.4, 0.5) is 0 Å². The second-order valence-corrected chi connectivity index (χ2v) is 12.4. The molecule has 12 heteroatoms. The Hall–Kier alpha value is -3.61. The van der Waals surface area contributed by atoms with Gasteiger partial charge in [-0.1, -0.05) is 69.7 Å². The molecule has 4 heterocycles. The van der Waals surface area contributed by atoms with E-state index in [1.54, 1.807) is 22.6 Å². The van der Waals surface area contributed by atoms with Gasteiger partial charge in [0.25, 0.3) is 0 Å². The molecule has 1 spiro atoms. The van der Waals surface area contributed by atoms with E-state index in [4.69, 9.17) is 9.47 Å². The van der Waals surface area contributed by atoms with Gasteiger partial charge in [-0.25, -0.2) is 4.68 Å². The van der Waals surface area contributed by atoms with E-state index in [2.05, 4.69) is 32.8 Å². The number of hydrogen-bond donors (Lipinski definition) is 1. The summed E-state index contributed by atoms with van der Waals surface area (Å²) in [6, 6.07) is 15.1. The number of esters is 1. The van der Waals surface area contributed by atoms with Crippen molar-refractivity contribution in [1.29, 1.82) is 0 Å². The van der Waals surface area contributed by atoms with Gasteiger partial charge in [-0.3, -0.25) is 14.4 Å². The Bertz CT molecular complexity index is 1530. The molecule has 2 bridgehead atoms. The number of hydrogen-bond acceptors (Lipinski definition) is 8. The second-order valence-electron chi connectivity index (χ2n) is 11.3. The molecule has 1 aromatic heterocycles. The number of likely N-dealkylation sites (tertiary alicyclic amines) is 1. The monoisotopic (exact) mass is 651 g/mol. The third kappa shape index (κ3) is 4.85. The summed E-state index contributed by atoms with van der Waals surface area (Å²) in [6.45, 7) is 5.56. The van der Waals surface area contributed by atoms with Crippen molar-refractivity contribution in [2.75, 3.05) is 19.8 Å². The topological polar surface area (TPSA) is 127 Å². The maximum Gasteiger partial charge on any atom is 0.312 e. The smallest absolute Gasteiger partial charge is 0.312 e. The van der Waals surface area contributed by atoms with E-state index >= 15 is 0 Å². The maximum absolute atomic E-state index is 14.8. The number of aliphatic hydroxyl groups is 1. The lowest BCUT2D eigenvalue weighted by molar-refractivity contribution is -0.156. The van der Waals surface area contributed by atoms with Crippen molar-refractivity contribution in [2.24, 2.45) is 11.8 Å². The van der Waals surface area contributed by atoms with E-state index in [0.717, 1.165) is 11.1 Å². The van der Waals surface area contributed by atoms with Crippen LogP contribution >= 0.6 is 15.9 Å². The van der Waals surface area contributed by atoms with Crippen LogP contribution < -0.4 is 0 Å². The Labute approximate surface area is 257 Å². The van der Waals surface area contributed by atoms with Crippen molar-refractivity contribution >= 4 is 44.7 Å². The molecule has 2 amide bonds. The summed E-state index contributed by atoms with van der Waals surface area (Å²) in [5.41, 5.74) is 1.04. The van der Waals surface area contributed by atoms with Crippen LogP contribution in [0.3, 0.4) is 0 Å². The van der Waals surface area contributed by atoms with E-state index in [0.29, 0.717) is 18.4 Å². The molecule has 3 fully saturated rings. The van der Waals surface area contributed by atoms with Crippen LogP contribution in [0.25, 0.3) is 11.0 Å². The first kappa shape index (κ1) is 29.5. The predicted octanol–water partition coefficient (Wildman–Crippen LogP) is 2.32. The van der Waals surface area contributed by atoms with E-state index in [1.165, 1.54) is 4.90 Å². The summed E-state index contributed by atoms with van der Waals surface area (Å²) >= 11 is 3.68. The first-order valence-electron chi connectivity index (χ1n) is 14.5. The summed E-state index contributed by atoms with van der Waals surface area (Å²) in [5, 5.41) is 19.2. The highest BCUT2D eigenvalue weighted by atomic mass is 79.9. The van der Waals surface area contributed by atoms with E-state index in [1.807, 2.05) is 54.6 Å². The molecule has 7 atom stereocenters. The molecule has 0 aliphatic carbocycles. The van der Waals surface area contributed by atoms with Crippen LogP contribution in [-0.4, -0.2) is 96.1 Å². The van der Waals surface area contributed by atoms with Crippen molar-refractivity contribution in [2.45, 2.75) is 55.0 Å². The molecular weight excluding hydrogens is 618 g/mol. The molecule has 3 saturated heterocycles. The Kier molecular flexibility index (Phi) is 8.10. The van der Waals surface area contributed by atoms with E-state index < -0.39 is 47.5 Å². The molecule has 2 aromatic carbocycles. The fraction of sp³-hybridized carbons (Fsp3) is 0.452. The number of aromatic nitrogens is 3. The predicted molar refractivity (Wildman–Crippen MR) is 160 cm³/mol. The highest BCUT2D eigenvalue weighted by Gasteiger charge is 2.77. The number of fused-ring (bicyclic) bond motifs is 2. The number of carbonyl (C=O) groups is 3. The van der Waals surface area contributed by atoms with Crippen LogP contribution in [-0.2, 0) is 36.9 Å². The van der Waals surface area contributed by atoms with Crippen LogP contribution in [0.15, 0.2) is 67.3 Å². The van der Waals surface area contributed by atoms with Gasteiger partial charge in [-0.15, -0.1) is 11.7 Å². The zero-order chi connectivity index (χ0) is 30.3. The average Bonchev–Trinajstić information content (AvgIpc) is 3.73. The average molecular weight is 653 g/mol. The molecule has 226 valence electrons. The highest BCUT2D eigenvalue weighted by Crippen LogP contribution is 2.60. The van der Waals surface area contributed by atoms with Gasteiger partial charge in [0, 0.05) is 11.4 Å². The van der Waals surface area contributed by atoms with Crippen molar-refractivity contribution in [3.8, 4) is 0 Å². The number of amides is 2. The first-order chi connectivity index (χ1) is 20.8. The van der Waals surface area contributed by atoms with Crippen LogP contribution in [0, 0.1) is 11.8 Å². The van der Waals surface area contributed by atoms with Gasteiger partial charge in [-0.05, 0) is 37.5 Å². The van der Waals surface area contributed by atoms with Gasteiger partial charge in [-0.2, -0.15) is 0 Å². The van der Waals surface area contributed by atoms with Gasteiger partial charge >= 0.3 is 5.97 Å². The number of aliphatic hydroxyl groups excluding tert-OH is 1. The van der Waals surface area contributed by atoms with Crippen molar-refractivity contribution < 1.29 is 29.0 Å². The molecule has 0 radical (unpaired) electrons. The zero-order valence-corrected chi connectivity index (χ0v) is 25.4. The minimum Gasteiger partial charge on any atom is -0.466 e. The van der Waals surface area contributed by atoms with Crippen molar-refractivity contribution in [3.63, 3.8) is 0 Å². The first-order valence-corrected chi connectivity index (χ1v) is 15.4. The van der Waals surface area contributed by atoms with E-state index in [9.17, 15) is 19.5 Å². The summed E-state index contributed by atoms with van der Waals surface area (Å²) in [7, 11) is 0. The minimum absolute atomic E-state index is 0.0512.